The van der Waals surface area contributed by atoms with Crippen LogP contribution in [0.2, 0.25) is 10.0 Å². The third-order valence-electron chi connectivity index (χ3n) is 4.89. The number of nitrogens with zero attached hydrogens (tertiary/aromatic N) is 1. The molecule has 0 saturated heterocycles. The fraction of sp³-hybridized carbons (Fsp3) is 0.208. The Kier molecular flexibility index (Phi) is 9.24. The smallest absolute Gasteiger partial charge is 0.264 e. The number of rotatable bonds is 10. The van der Waals surface area contributed by atoms with Gasteiger partial charge in [-0.1, -0.05) is 59.1 Å². The lowest BCUT2D eigenvalue weighted by molar-refractivity contribution is -0.119. The Morgan fingerprint density at radius 3 is 2.35 bits per heavy atom. The van der Waals surface area contributed by atoms with E-state index < -0.39 is 22.5 Å². The third-order valence-corrected chi connectivity index (χ3v) is 8.33. The van der Waals surface area contributed by atoms with Crippen molar-refractivity contribution in [2.45, 2.75) is 17.6 Å². The van der Waals surface area contributed by atoms with Gasteiger partial charge in [0.05, 0.1) is 15.6 Å². The van der Waals surface area contributed by atoms with Crippen LogP contribution in [-0.4, -0.2) is 33.2 Å². The number of amides is 1. The van der Waals surface area contributed by atoms with Crippen LogP contribution in [0.25, 0.3) is 0 Å². The first-order chi connectivity index (χ1) is 16.2. The molecule has 0 bridgehead atoms. The van der Waals surface area contributed by atoms with Gasteiger partial charge in [0.15, 0.2) is 0 Å². The molecular formula is C24H23Cl2FN2O3S2. The maximum Gasteiger partial charge on any atom is 0.264 e. The maximum absolute atomic E-state index is 13.9. The van der Waals surface area contributed by atoms with Crippen LogP contribution in [0.15, 0.2) is 71.6 Å². The van der Waals surface area contributed by atoms with Crippen LogP contribution in [0.4, 0.5) is 10.1 Å². The van der Waals surface area contributed by atoms with E-state index in [4.69, 9.17) is 23.2 Å². The molecule has 0 aliphatic heterocycles. The first-order valence-electron chi connectivity index (χ1n) is 10.3. The number of nitrogens with one attached hydrogen (secondary N) is 1. The molecule has 0 radical (unpaired) electrons. The first kappa shape index (κ1) is 26.3. The van der Waals surface area contributed by atoms with Crippen LogP contribution in [0, 0.1) is 12.7 Å². The zero-order chi connectivity index (χ0) is 24.7. The minimum absolute atomic E-state index is 0.0585. The SMILES string of the molecule is Cc1ccc(S(=O)(=O)N(CC(=O)NCCSCc2c(F)cccc2Cl)c2ccccc2Cl)cc1. The van der Waals surface area contributed by atoms with Crippen molar-refractivity contribution < 1.29 is 17.6 Å². The highest BCUT2D eigenvalue weighted by atomic mass is 35.5. The average molecular weight is 541 g/mol. The van der Waals surface area contributed by atoms with Crippen molar-refractivity contribution in [2.75, 3.05) is 23.1 Å². The Hall–Kier alpha value is -2.26. The molecule has 1 N–H and O–H groups in total. The molecule has 3 aromatic carbocycles. The van der Waals surface area contributed by atoms with Crippen LogP contribution in [-0.2, 0) is 20.6 Å². The Bertz CT molecular complexity index is 1240. The van der Waals surface area contributed by atoms with E-state index in [1.807, 2.05) is 6.92 Å². The number of anilines is 1. The monoisotopic (exact) mass is 540 g/mol. The van der Waals surface area contributed by atoms with Crippen molar-refractivity contribution in [3.05, 3.63) is 93.7 Å². The summed E-state index contributed by atoms with van der Waals surface area (Å²) in [7, 11) is -4.04. The van der Waals surface area contributed by atoms with Crippen LogP contribution in [0.3, 0.4) is 0 Å². The summed E-state index contributed by atoms with van der Waals surface area (Å²) in [4.78, 5) is 12.7. The van der Waals surface area contributed by atoms with Crippen molar-refractivity contribution in [1.82, 2.24) is 5.32 Å². The van der Waals surface area contributed by atoms with E-state index in [1.54, 1.807) is 48.5 Å². The molecule has 3 aromatic rings. The summed E-state index contributed by atoms with van der Waals surface area (Å²) in [6, 6.07) is 17.3. The van der Waals surface area contributed by atoms with E-state index in [9.17, 15) is 17.6 Å². The Morgan fingerprint density at radius 2 is 1.68 bits per heavy atom. The number of para-hydroxylation sites is 1. The molecule has 34 heavy (non-hydrogen) atoms. The predicted octanol–water partition coefficient (Wildman–Crippen LogP) is 5.69. The summed E-state index contributed by atoms with van der Waals surface area (Å²) in [6.45, 7) is 1.69. The number of halogens is 3. The molecule has 0 spiro atoms. The summed E-state index contributed by atoms with van der Waals surface area (Å²) in [5.74, 6) is -0.0110. The van der Waals surface area contributed by atoms with Crippen molar-refractivity contribution in [3.63, 3.8) is 0 Å². The molecule has 1 amide bonds. The number of thioether (sulfide) groups is 1. The van der Waals surface area contributed by atoms with Crippen molar-refractivity contribution in [1.29, 1.82) is 0 Å². The number of hydrogen-bond donors (Lipinski definition) is 1. The molecule has 0 saturated carbocycles. The number of carbonyl (C=O) groups excluding carboxylic acids is 1. The summed E-state index contributed by atoms with van der Waals surface area (Å²) in [6.07, 6.45) is 0. The molecule has 0 atom stereocenters. The lowest BCUT2D eigenvalue weighted by atomic mass is 10.2. The molecular weight excluding hydrogens is 518 g/mol. The van der Waals surface area contributed by atoms with E-state index in [-0.39, 0.29) is 28.0 Å². The van der Waals surface area contributed by atoms with E-state index in [2.05, 4.69) is 5.32 Å². The summed E-state index contributed by atoms with van der Waals surface area (Å²) < 4.78 is 41.6. The average Bonchev–Trinajstić information content (AvgIpc) is 2.80. The van der Waals surface area contributed by atoms with Crippen LogP contribution < -0.4 is 9.62 Å². The van der Waals surface area contributed by atoms with Gasteiger partial charge in [0.25, 0.3) is 10.0 Å². The van der Waals surface area contributed by atoms with Crippen LogP contribution >= 0.6 is 35.0 Å². The second kappa shape index (κ2) is 11.9. The third kappa shape index (κ3) is 6.66. The van der Waals surface area contributed by atoms with Gasteiger partial charge in [-0.3, -0.25) is 9.10 Å². The molecule has 180 valence electrons. The van der Waals surface area contributed by atoms with Crippen molar-refractivity contribution in [2.24, 2.45) is 0 Å². The highest BCUT2D eigenvalue weighted by molar-refractivity contribution is 7.98. The summed E-state index contributed by atoms with van der Waals surface area (Å²) in [5, 5.41) is 3.28. The fourth-order valence-electron chi connectivity index (χ4n) is 3.08. The van der Waals surface area contributed by atoms with Gasteiger partial charge in [0.2, 0.25) is 5.91 Å². The number of sulfonamides is 1. The second-order valence-electron chi connectivity index (χ2n) is 7.38. The minimum atomic E-state index is -4.04. The van der Waals surface area contributed by atoms with Gasteiger partial charge in [-0.05, 0) is 43.3 Å². The van der Waals surface area contributed by atoms with E-state index in [1.165, 1.54) is 30.0 Å². The first-order valence-corrected chi connectivity index (χ1v) is 13.7. The van der Waals surface area contributed by atoms with Gasteiger partial charge < -0.3 is 5.32 Å². The second-order valence-corrected chi connectivity index (χ2v) is 11.2. The Balaban J connectivity index is 1.66. The summed E-state index contributed by atoms with van der Waals surface area (Å²) >= 11 is 13.7. The molecule has 0 aromatic heterocycles. The Labute approximate surface area is 213 Å². The number of hydrogen-bond acceptors (Lipinski definition) is 4. The quantitative estimate of drug-likeness (QED) is 0.335. The molecule has 3 rings (SSSR count). The standard InChI is InChI=1S/C24H23Cl2FN2O3S2/c1-17-9-11-18(12-10-17)34(31,32)29(23-8-3-2-5-21(23)26)15-24(30)28-13-14-33-16-19-20(25)6-4-7-22(19)27/h2-12H,13-16H2,1H3,(H,28,30). The fourth-order valence-corrected chi connectivity index (χ4v) is 6.01. The van der Waals surface area contributed by atoms with E-state index >= 15 is 0 Å². The van der Waals surface area contributed by atoms with Gasteiger partial charge >= 0.3 is 0 Å². The Morgan fingerprint density at radius 1 is 1.00 bits per heavy atom. The largest absolute Gasteiger partial charge is 0.354 e. The van der Waals surface area contributed by atoms with Crippen molar-refractivity contribution in [3.8, 4) is 0 Å². The molecule has 0 aliphatic carbocycles. The van der Waals surface area contributed by atoms with E-state index in [0.717, 1.165) is 9.87 Å². The zero-order valence-corrected chi connectivity index (χ0v) is 21.4. The molecule has 0 unspecified atom stereocenters. The molecule has 0 fully saturated rings. The predicted molar refractivity (Wildman–Crippen MR) is 138 cm³/mol. The molecule has 0 heterocycles. The van der Waals surface area contributed by atoms with Gasteiger partial charge in [-0.2, -0.15) is 11.8 Å². The van der Waals surface area contributed by atoms with Gasteiger partial charge in [-0.25, -0.2) is 12.8 Å². The zero-order valence-electron chi connectivity index (χ0n) is 18.3. The van der Waals surface area contributed by atoms with E-state index in [0.29, 0.717) is 22.1 Å². The number of aryl methyl sites for hydroxylation is 1. The van der Waals surface area contributed by atoms with Gasteiger partial charge in [0.1, 0.15) is 12.4 Å². The topological polar surface area (TPSA) is 66.5 Å². The highest BCUT2D eigenvalue weighted by Crippen LogP contribution is 2.30. The number of benzene rings is 3. The van der Waals surface area contributed by atoms with Crippen molar-refractivity contribution >= 4 is 56.6 Å². The summed E-state index contributed by atoms with van der Waals surface area (Å²) in [5.41, 5.74) is 1.54. The van der Waals surface area contributed by atoms with Gasteiger partial charge in [0, 0.05) is 28.6 Å². The molecule has 0 aliphatic rings. The lowest BCUT2D eigenvalue weighted by Crippen LogP contribution is -2.41. The maximum atomic E-state index is 13.9. The normalized spacial score (nSPS) is 11.3. The number of carbonyl (C=O) groups is 1. The highest BCUT2D eigenvalue weighted by Gasteiger charge is 2.28. The van der Waals surface area contributed by atoms with Gasteiger partial charge in [-0.15, -0.1) is 0 Å². The molecule has 10 heteroatoms. The lowest BCUT2D eigenvalue weighted by Gasteiger charge is -2.25. The molecule has 5 nitrogen and oxygen atoms in total. The minimum Gasteiger partial charge on any atom is -0.354 e. The van der Waals surface area contributed by atoms with Crippen LogP contribution in [0.1, 0.15) is 11.1 Å². The van der Waals surface area contributed by atoms with Crippen LogP contribution in [0.5, 0.6) is 0 Å².